The molecule has 1 amide bonds. The van der Waals surface area contributed by atoms with Gasteiger partial charge in [0.15, 0.2) is 0 Å². The molecule has 166 valence electrons. The Morgan fingerprint density at radius 1 is 0.897 bits per heavy atom. The van der Waals surface area contributed by atoms with Crippen molar-refractivity contribution >= 4 is 11.7 Å². The van der Waals surface area contributed by atoms with Gasteiger partial charge >= 0.3 is 51.4 Å². The van der Waals surface area contributed by atoms with Gasteiger partial charge in [-0.3, -0.25) is 14.5 Å². The van der Waals surface area contributed by atoms with Crippen molar-refractivity contribution < 1.29 is 65.7 Å². The second-order valence-corrected chi connectivity index (χ2v) is 8.49. The first kappa shape index (κ1) is 31.9. The smallest absolute Gasteiger partial charge is 0.375 e. The summed E-state index contributed by atoms with van der Waals surface area (Å²) in [6, 6.07) is 0. The Hall–Kier alpha value is 0.696. The molecule has 0 aliphatic carbocycles. The Labute approximate surface area is 223 Å². The fourth-order valence-corrected chi connectivity index (χ4v) is 3.46. The molecule has 29 heavy (non-hydrogen) atoms. The van der Waals surface area contributed by atoms with Crippen LogP contribution in [0, 0.1) is 25.7 Å². The molecule has 0 aromatic rings. The number of ketones is 1. The molecule has 2 rings (SSSR count). The summed E-state index contributed by atoms with van der Waals surface area (Å²) in [6.45, 7) is 16.0. The number of piperidine rings is 2. The van der Waals surface area contributed by atoms with Gasteiger partial charge in [-0.1, -0.05) is 27.7 Å². The van der Waals surface area contributed by atoms with Gasteiger partial charge in [-0.2, -0.15) is 13.8 Å². The minimum atomic E-state index is 0. The summed E-state index contributed by atoms with van der Waals surface area (Å²) in [6.07, 6.45) is 6.52. The van der Waals surface area contributed by atoms with E-state index in [1.807, 2.05) is 52.9 Å². The number of ether oxygens (including phenoxy) is 1. The Bertz CT molecular complexity index is 441. The fourth-order valence-electron chi connectivity index (χ4n) is 3.46. The summed E-state index contributed by atoms with van der Waals surface area (Å²) >= 11 is 0. The summed E-state index contributed by atoms with van der Waals surface area (Å²) < 4.78 is 6.27. The molecule has 0 atom stereocenters. The number of carbonyl (C=O) groups excluding carboxylic acids is 2. The molecule has 2 fully saturated rings. The molecule has 0 aromatic carbocycles. The summed E-state index contributed by atoms with van der Waals surface area (Å²) in [7, 11) is 0. The van der Waals surface area contributed by atoms with Gasteiger partial charge in [0.1, 0.15) is 5.78 Å². The number of nitrogens with zero attached hydrogens (tertiary/aromatic N) is 2. The number of hydrogen-bond donors (Lipinski definition) is 0. The standard InChI is InChI=1S/C19H34N2O3.C3H7.CH3.K/c1-14(2)18(22)13-20-9-5-16(6-10-20)24-17-7-11-21(12-8-17)19(23)15(3)4;1-3-2;;/h14-17H,5-13H2,1-4H3;3H,1-2H3;1H3;/q;2*-1;+1. The van der Waals surface area contributed by atoms with E-state index in [-0.39, 0.29) is 82.7 Å². The number of carbonyl (C=O) groups is 2. The third kappa shape index (κ3) is 12.3. The zero-order valence-corrected chi connectivity index (χ0v) is 23.5. The minimum Gasteiger partial charge on any atom is -0.375 e. The van der Waals surface area contributed by atoms with Crippen molar-refractivity contribution in [3.8, 4) is 0 Å². The largest absolute Gasteiger partial charge is 1.00 e. The van der Waals surface area contributed by atoms with Gasteiger partial charge in [-0.15, -0.1) is 0 Å². The predicted octanol–water partition coefficient (Wildman–Crippen LogP) is 1.02. The summed E-state index contributed by atoms with van der Waals surface area (Å²) in [5.74, 6) is 0.797. The molecule has 2 saturated heterocycles. The van der Waals surface area contributed by atoms with Crippen LogP contribution in [0.2, 0.25) is 0 Å². The molecule has 0 N–H and O–H groups in total. The molecular weight excluding hydrogens is 391 g/mol. The van der Waals surface area contributed by atoms with E-state index in [9.17, 15) is 9.59 Å². The normalized spacial score (nSPS) is 18.6. The molecule has 0 spiro atoms. The first-order valence-corrected chi connectivity index (χ1v) is 10.7. The van der Waals surface area contributed by atoms with E-state index in [4.69, 9.17) is 4.74 Å². The quantitative estimate of drug-likeness (QED) is 0.462. The van der Waals surface area contributed by atoms with Crippen molar-refractivity contribution in [1.29, 1.82) is 0 Å². The minimum absolute atomic E-state index is 0. The monoisotopic (exact) mass is 435 g/mol. The number of hydrogen-bond acceptors (Lipinski definition) is 4. The number of rotatable bonds is 6. The molecule has 0 aromatic heterocycles. The summed E-state index contributed by atoms with van der Waals surface area (Å²) in [4.78, 5) is 28.1. The molecule has 2 aliphatic heterocycles. The molecule has 0 radical (unpaired) electrons. The van der Waals surface area contributed by atoms with Gasteiger partial charge in [0.2, 0.25) is 5.91 Å². The predicted molar refractivity (Wildman–Crippen MR) is 117 cm³/mol. The summed E-state index contributed by atoms with van der Waals surface area (Å²) in [5, 5.41) is 0. The zero-order chi connectivity index (χ0) is 20.4. The van der Waals surface area contributed by atoms with Crippen molar-refractivity contribution in [2.75, 3.05) is 32.7 Å². The SMILES string of the molecule is CC(C)C(=O)CN1CCC(OC2CCN(C(=O)C(C)C)CC2)CC1.C[CH-]C.[CH3-].[K+]. The second kappa shape index (κ2) is 17.3. The van der Waals surface area contributed by atoms with Crippen molar-refractivity contribution in [2.24, 2.45) is 11.8 Å². The maximum Gasteiger partial charge on any atom is 1.00 e. The van der Waals surface area contributed by atoms with Crippen LogP contribution >= 0.6 is 0 Å². The molecule has 0 bridgehead atoms. The van der Waals surface area contributed by atoms with Gasteiger partial charge < -0.3 is 23.5 Å². The Kier molecular flexibility index (Phi) is 19.0. The topological polar surface area (TPSA) is 49.9 Å². The maximum absolute atomic E-state index is 12.0. The Balaban J connectivity index is 0. The van der Waals surface area contributed by atoms with Crippen LogP contribution in [0.15, 0.2) is 0 Å². The van der Waals surface area contributed by atoms with Crippen LogP contribution in [0.1, 0.15) is 67.2 Å². The van der Waals surface area contributed by atoms with Crippen molar-refractivity contribution in [2.45, 2.75) is 79.4 Å². The van der Waals surface area contributed by atoms with E-state index in [1.54, 1.807) is 0 Å². The van der Waals surface area contributed by atoms with Crippen LogP contribution in [0.4, 0.5) is 0 Å². The molecule has 0 saturated carbocycles. The van der Waals surface area contributed by atoms with Gasteiger partial charge in [-0.05, 0) is 25.7 Å². The van der Waals surface area contributed by atoms with E-state index >= 15 is 0 Å². The molecule has 6 heteroatoms. The molecule has 0 unspecified atom stereocenters. The van der Waals surface area contributed by atoms with Crippen LogP contribution in [0.5, 0.6) is 0 Å². The van der Waals surface area contributed by atoms with Gasteiger partial charge in [0, 0.05) is 38.0 Å². The zero-order valence-electron chi connectivity index (χ0n) is 20.4. The van der Waals surface area contributed by atoms with Gasteiger partial charge in [-0.25, -0.2) is 0 Å². The molecular formula is C23H44KN2O3-. The van der Waals surface area contributed by atoms with Crippen molar-refractivity contribution in [3.05, 3.63) is 13.8 Å². The first-order valence-electron chi connectivity index (χ1n) is 10.7. The van der Waals surface area contributed by atoms with E-state index in [0.717, 1.165) is 51.9 Å². The molecule has 5 nitrogen and oxygen atoms in total. The van der Waals surface area contributed by atoms with E-state index in [1.165, 1.54) is 0 Å². The van der Waals surface area contributed by atoms with Crippen LogP contribution in [0.25, 0.3) is 0 Å². The fraction of sp³-hybridized carbons (Fsp3) is 0.826. The van der Waals surface area contributed by atoms with Crippen LogP contribution in [-0.2, 0) is 14.3 Å². The number of amides is 1. The third-order valence-corrected chi connectivity index (χ3v) is 5.19. The molecule has 2 aliphatic rings. The van der Waals surface area contributed by atoms with Crippen molar-refractivity contribution in [3.63, 3.8) is 0 Å². The average molecular weight is 436 g/mol. The molecule has 2 heterocycles. The van der Waals surface area contributed by atoms with Crippen LogP contribution < -0.4 is 51.4 Å². The first-order chi connectivity index (χ1) is 12.8. The van der Waals surface area contributed by atoms with Gasteiger partial charge in [0.25, 0.3) is 0 Å². The summed E-state index contributed by atoms with van der Waals surface area (Å²) in [5.41, 5.74) is 0. The number of Topliss-reactive ketones (excluding diaryl/α,β-unsaturated/α-hetero) is 1. The van der Waals surface area contributed by atoms with E-state index in [2.05, 4.69) is 4.90 Å². The van der Waals surface area contributed by atoms with Gasteiger partial charge in [0.05, 0.1) is 18.8 Å². The van der Waals surface area contributed by atoms with E-state index < -0.39 is 0 Å². The Morgan fingerprint density at radius 3 is 1.69 bits per heavy atom. The average Bonchev–Trinajstić information content (AvgIpc) is 2.64. The van der Waals surface area contributed by atoms with Crippen LogP contribution in [-0.4, -0.2) is 66.4 Å². The van der Waals surface area contributed by atoms with Crippen molar-refractivity contribution in [1.82, 2.24) is 9.80 Å². The maximum atomic E-state index is 12.0. The Morgan fingerprint density at radius 2 is 1.31 bits per heavy atom. The third-order valence-electron chi connectivity index (χ3n) is 5.19. The number of likely N-dealkylation sites (tertiary alicyclic amines) is 2. The second-order valence-electron chi connectivity index (χ2n) is 8.49. The van der Waals surface area contributed by atoms with E-state index in [0.29, 0.717) is 18.4 Å². The van der Waals surface area contributed by atoms with Crippen LogP contribution in [0.3, 0.4) is 0 Å².